The maximum absolute atomic E-state index is 11.7. The second kappa shape index (κ2) is 3.26. The van der Waals surface area contributed by atoms with Gasteiger partial charge in [-0.15, -0.1) is 0 Å². The van der Waals surface area contributed by atoms with Crippen molar-refractivity contribution in [3.8, 4) is 0 Å². The van der Waals surface area contributed by atoms with Crippen molar-refractivity contribution in [3.63, 3.8) is 0 Å². The summed E-state index contributed by atoms with van der Waals surface area (Å²) in [4.78, 5) is 3.69. The van der Waals surface area contributed by atoms with E-state index in [-0.39, 0.29) is 13.2 Å². The van der Waals surface area contributed by atoms with Crippen LogP contribution in [0.5, 0.6) is 0 Å². The number of aromatic nitrogens is 3. The topological polar surface area (TPSA) is 50.9 Å². The van der Waals surface area contributed by atoms with Crippen LogP contribution in [0, 0.1) is 0 Å². The average Bonchev–Trinajstić information content (AvgIpc) is 2.36. The number of aliphatic hydroxyl groups is 1. The second-order valence-electron chi connectivity index (χ2n) is 1.75. The molecule has 0 amide bonds. The van der Waals surface area contributed by atoms with Crippen molar-refractivity contribution in [2.75, 3.05) is 6.67 Å². The number of hydrogen-bond acceptors (Lipinski definition) is 3. The number of aliphatic hydroxyl groups excluding tert-OH is 1. The van der Waals surface area contributed by atoms with Crippen LogP contribution in [0.1, 0.15) is 5.82 Å². The van der Waals surface area contributed by atoms with Gasteiger partial charge in [-0.1, -0.05) is 0 Å². The van der Waals surface area contributed by atoms with Crippen LogP contribution < -0.4 is 0 Å². The molecule has 4 nitrogen and oxygen atoms in total. The highest BCUT2D eigenvalue weighted by molar-refractivity contribution is 4.80. The molecule has 0 fully saturated rings. The Morgan fingerprint density at radius 2 is 2.50 bits per heavy atom. The minimum atomic E-state index is -0.490. The van der Waals surface area contributed by atoms with E-state index in [4.69, 9.17) is 5.11 Å². The Bertz CT molecular complexity index is 201. The van der Waals surface area contributed by atoms with Gasteiger partial charge in [-0.05, 0) is 0 Å². The molecule has 0 bridgehead atoms. The Kier molecular flexibility index (Phi) is 2.33. The Balaban J connectivity index is 2.70. The molecule has 0 aromatic carbocycles. The standard InChI is InChI=1S/C5H8FN3O/c6-1-2-9-5(3-10)7-4-8-9/h4,10H,1-3H2. The molecule has 0 spiro atoms. The average molecular weight is 145 g/mol. The van der Waals surface area contributed by atoms with Crippen LogP contribution in [-0.2, 0) is 13.2 Å². The third-order valence-corrected chi connectivity index (χ3v) is 1.13. The van der Waals surface area contributed by atoms with Gasteiger partial charge in [-0.25, -0.2) is 14.1 Å². The number of halogens is 1. The Hall–Kier alpha value is -0.970. The van der Waals surface area contributed by atoms with Crippen LogP contribution in [0.3, 0.4) is 0 Å². The van der Waals surface area contributed by atoms with Gasteiger partial charge in [0.25, 0.3) is 0 Å². The number of rotatable bonds is 3. The van der Waals surface area contributed by atoms with E-state index in [9.17, 15) is 4.39 Å². The molecule has 0 saturated heterocycles. The summed E-state index contributed by atoms with van der Waals surface area (Å²) >= 11 is 0. The molecule has 0 aliphatic rings. The van der Waals surface area contributed by atoms with E-state index in [1.807, 2.05) is 0 Å². The molecule has 1 aromatic heterocycles. The second-order valence-corrected chi connectivity index (χ2v) is 1.75. The largest absolute Gasteiger partial charge is 0.388 e. The van der Waals surface area contributed by atoms with E-state index in [1.54, 1.807) is 0 Å². The zero-order chi connectivity index (χ0) is 7.40. The molecule has 56 valence electrons. The molecular weight excluding hydrogens is 137 g/mol. The van der Waals surface area contributed by atoms with Crippen LogP contribution in [0.4, 0.5) is 4.39 Å². The summed E-state index contributed by atoms with van der Waals surface area (Å²) in [7, 11) is 0. The summed E-state index contributed by atoms with van der Waals surface area (Å²) in [5, 5.41) is 12.3. The van der Waals surface area contributed by atoms with Gasteiger partial charge in [0, 0.05) is 0 Å². The van der Waals surface area contributed by atoms with E-state index in [0.29, 0.717) is 5.82 Å². The smallest absolute Gasteiger partial charge is 0.152 e. The number of hydrogen-bond donors (Lipinski definition) is 1. The van der Waals surface area contributed by atoms with E-state index in [1.165, 1.54) is 11.0 Å². The lowest BCUT2D eigenvalue weighted by Crippen LogP contribution is -2.06. The lowest BCUT2D eigenvalue weighted by molar-refractivity contribution is 0.259. The van der Waals surface area contributed by atoms with Crippen molar-refractivity contribution in [2.45, 2.75) is 13.2 Å². The lowest BCUT2D eigenvalue weighted by Gasteiger charge is -1.97. The maximum atomic E-state index is 11.7. The third kappa shape index (κ3) is 1.30. The predicted molar refractivity (Wildman–Crippen MR) is 31.9 cm³/mol. The van der Waals surface area contributed by atoms with Gasteiger partial charge in [0.15, 0.2) is 5.82 Å². The summed E-state index contributed by atoms with van der Waals surface area (Å²) in [6.45, 7) is -0.522. The van der Waals surface area contributed by atoms with Crippen LogP contribution >= 0.6 is 0 Å². The summed E-state index contributed by atoms with van der Waals surface area (Å²) in [5.74, 6) is 0.401. The van der Waals surface area contributed by atoms with Crippen molar-refractivity contribution in [3.05, 3.63) is 12.2 Å². The van der Waals surface area contributed by atoms with Gasteiger partial charge in [0.1, 0.15) is 19.6 Å². The number of alkyl halides is 1. The van der Waals surface area contributed by atoms with Crippen molar-refractivity contribution >= 4 is 0 Å². The molecule has 0 unspecified atom stereocenters. The first kappa shape index (κ1) is 7.14. The first-order valence-electron chi connectivity index (χ1n) is 2.92. The molecule has 0 radical (unpaired) electrons. The first-order valence-corrected chi connectivity index (χ1v) is 2.92. The number of aryl methyl sites for hydroxylation is 1. The van der Waals surface area contributed by atoms with Gasteiger partial charge in [-0.3, -0.25) is 0 Å². The lowest BCUT2D eigenvalue weighted by atomic mass is 10.6. The van der Waals surface area contributed by atoms with Crippen molar-refractivity contribution < 1.29 is 9.50 Å². The van der Waals surface area contributed by atoms with Gasteiger partial charge < -0.3 is 5.11 Å². The normalized spacial score (nSPS) is 10.2. The zero-order valence-corrected chi connectivity index (χ0v) is 5.37. The molecule has 1 heterocycles. The first-order chi connectivity index (χ1) is 4.88. The molecule has 1 aromatic rings. The van der Waals surface area contributed by atoms with Gasteiger partial charge in [-0.2, -0.15) is 5.10 Å². The minimum Gasteiger partial charge on any atom is -0.388 e. The van der Waals surface area contributed by atoms with E-state index >= 15 is 0 Å². The fraction of sp³-hybridized carbons (Fsp3) is 0.600. The van der Waals surface area contributed by atoms with Crippen molar-refractivity contribution in [1.29, 1.82) is 0 Å². The maximum Gasteiger partial charge on any atom is 0.152 e. The third-order valence-electron chi connectivity index (χ3n) is 1.13. The van der Waals surface area contributed by atoms with Gasteiger partial charge >= 0.3 is 0 Å². The summed E-state index contributed by atoms with van der Waals surface area (Å²) < 4.78 is 13.0. The summed E-state index contributed by atoms with van der Waals surface area (Å²) in [5.41, 5.74) is 0. The Morgan fingerprint density at radius 1 is 1.70 bits per heavy atom. The Morgan fingerprint density at radius 3 is 3.10 bits per heavy atom. The van der Waals surface area contributed by atoms with E-state index in [2.05, 4.69) is 10.1 Å². The van der Waals surface area contributed by atoms with Crippen LogP contribution in [0.15, 0.2) is 6.33 Å². The zero-order valence-electron chi connectivity index (χ0n) is 5.37. The van der Waals surface area contributed by atoms with Crippen LogP contribution in [0.25, 0.3) is 0 Å². The summed E-state index contributed by atoms with van der Waals surface area (Å²) in [6, 6.07) is 0. The van der Waals surface area contributed by atoms with Crippen molar-refractivity contribution in [2.24, 2.45) is 0 Å². The van der Waals surface area contributed by atoms with Gasteiger partial charge in [0.05, 0.1) is 6.54 Å². The highest BCUT2D eigenvalue weighted by atomic mass is 19.1. The molecule has 1 N–H and O–H groups in total. The quantitative estimate of drug-likeness (QED) is 0.637. The molecule has 0 atom stereocenters. The molecule has 1 rings (SSSR count). The fourth-order valence-corrected chi connectivity index (χ4v) is 0.677. The molecule has 10 heavy (non-hydrogen) atoms. The molecule has 5 heteroatoms. The van der Waals surface area contributed by atoms with Gasteiger partial charge in [0.2, 0.25) is 0 Å². The van der Waals surface area contributed by atoms with Crippen LogP contribution in [-0.4, -0.2) is 26.5 Å². The molecule has 0 aliphatic carbocycles. The van der Waals surface area contributed by atoms with E-state index < -0.39 is 6.67 Å². The SMILES string of the molecule is OCc1ncnn1CCF. The highest BCUT2D eigenvalue weighted by Gasteiger charge is 1.99. The van der Waals surface area contributed by atoms with E-state index in [0.717, 1.165) is 0 Å². The summed E-state index contributed by atoms with van der Waals surface area (Å²) in [6.07, 6.45) is 1.29. The monoisotopic (exact) mass is 145 g/mol. The fourth-order valence-electron chi connectivity index (χ4n) is 0.677. The highest BCUT2D eigenvalue weighted by Crippen LogP contribution is 1.92. The molecule has 0 aliphatic heterocycles. The molecule has 0 saturated carbocycles. The minimum absolute atomic E-state index is 0.163. The van der Waals surface area contributed by atoms with Crippen LogP contribution in [0.2, 0.25) is 0 Å². The Labute approximate surface area is 57.3 Å². The molecular formula is C5H8FN3O. The predicted octanol–water partition coefficient (Wildman–Crippen LogP) is -0.260. The number of nitrogens with zero attached hydrogens (tertiary/aromatic N) is 3. The van der Waals surface area contributed by atoms with Crippen molar-refractivity contribution in [1.82, 2.24) is 14.8 Å².